The third-order valence-corrected chi connectivity index (χ3v) is 8.67. The molecule has 0 aliphatic heterocycles. The first kappa shape index (κ1) is 37.4. The van der Waals surface area contributed by atoms with Crippen molar-refractivity contribution in [2.45, 2.75) is 90.1 Å². The molecule has 0 saturated heterocycles. The van der Waals surface area contributed by atoms with Crippen LogP contribution in [0, 0.1) is 23.7 Å². The summed E-state index contributed by atoms with van der Waals surface area (Å²) in [6.45, 7) is 7.33. The molecule has 0 heterocycles. The van der Waals surface area contributed by atoms with Crippen molar-refractivity contribution in [1.29, 1.82) is 0 Å². The number of aliphatic hydroxyl groups excluding tert-OH is 2. The van der Waals surface area contributed by atoms with E-state index < -0.39 is 78.3 Å². The Morgan fingerprint density at radius 3 is 1.98 bits per heavy atom. The highest BCUT2D eigenvalue weighted by atomic mass is 16.5. The second kappa shape index (κ2) is 17.2. The quantitative estimate of drug-likeness (QED) is 0.191. The van der Waals surface area contributed by atoms with Crippen molar-refractivity contribution in [1.82, 2.24) is 16.0 Å². The molecule has 0 spiro atoms. The zero-order chi connectivity index (χ0) is 34.8. The lowest BCUT2D eigenvalue weighted by atomic mass is 9.78. The van der Waals surface area contributed by atoms with Crippen molar-refractivity contribution in [3.63, 3.8) is 0 Å². The largest absolute Gasteiger partial charge is 0.469 e. The lowest BCUT2D eigenvalue weighted by molar-refractivity contribution is -0.153. The second-order valence-electron chi connectivity index (χ2n) is 13.1. The molecule has 0 aromatic heterocycles. The van der Waals surface area contributed by atoms with Gasteiger partial charge in [0.15, 0.2) is 6.10 Å². The Hall–Kier alpha value is -4.03. The molecule has 1 aliphatic carbocycles. The normalized spacial score (nSPS) is 20.5. The van der Waals surface area contributed by atoms with Crippen LogP contribution in [-0.4, -0.2) is 78.3 Å². The Balaban J connectivity index is 1.66. The molecule has 1 aliphatic rings. The number of amides is 3. The molecule has 7 atom stereocenters. The van der Waals surface area contributed by atoms with Crippen molar-refractivity contribution in [2.75, 3.05) is 14.2 Å². The molecule has 12 heteroatoms. The monoisotopic (exact) mass is 655 g/mol. The molecule has 47 heavy (non-hydrogen) atoms. The van der Waals surface area contributed by atoms with E-state index in [9.17, 15) is 34.2 Å². The van der Waals surface area contributed by atoms with Gasteiger partial charge in [-0.25, -0.2) is 0 Å². The van der Waals surface area contributed by atoms with E-state index in [1.165, 1.54) is 14.2 Å². The van der Waals surface area contributed by atoms with E-state index in [-0.39, 0.29) is 31.1 Å². The Morgan fingerprint density at radius 2 is 1.40 bits per heavy atom. The molecule has 2 aromatic carbocycles. The molecule has 3 amide bonds. The maximum Gasteiger partial charge on any atom is 0.308 e. The van der Waals surface area contributed by atoms with Crippen molar-refractivity contribution < 1.29 is 43.7 Å². The molecule has 3 rings (SSSR count). The van der Waals surface area contributed by atoms with E-state index in [2.05, 4.69) is 16.0 Å². The molecule has 2 unspecified atom stereocenters. The molecular weight excluding hydrogens is 606 g/mol. The molecule has 258 valence electrons. The van der Waals surface area contributed by atoms with Gasteiger partial charge in [0.2, 0.25) is 11.8 Å². The van der Waals surface area contributed by atoms with Crippen molar-refractivity contribution in [2.24, 2.45) is 23.7 Å². The molecule has 2 aromatic rings. The summed E-state index contributed by atoms with van der Waals surface area (Å²) >= 11 is 0. The SMILES string of the molecule is COC(=O)[C@@H]1CC(NC(=O)[C@@H](NC(=O)C[C@H](O)[C@H](CC(C)C)NC(=O)C(O)c2cccc3ccccc23)C(C)C)C[C@H](C(=O)OC)C1. The topological polar surface area (TPSA) is 180 Å². The molecule has 0 radical (unpaired) electrons. The third kappa shape index (κ3) is 10.2. The average Bonchev–Trinajstić information content (AvgIpc) is 3.04. The number of nitrogens with one attached hydrogen (secondary N) is 3. The van der Waals surface area contributed by atoms with Crippen LogP contribution >= 0.6 is 0 Å². The van der Waals surface area contributed by atoms with Crippen LogP contribution in [0.25, 0.3) is 10.8 Å². The number of hydrogen-bond acceptors (Lipinski definition) is 9. The first-order valence-electron chi connectivity index (χ1n) is 16.1. The maximum absolute atomic E-state index is 13.4. The summed E-state index contributed by atoms with van der Waals surface area (Å²) in [5.41, 5.74) is 0.427. The fraction of sp³-hybridized carbons (Fsp3) is 0.571. The van der Waals surface area contributed by atoms with Gasteiger partial charge in [-0.15, -0.1) is 0 Å². The molecule has 1 fully saturated rings. The fourth-order valence-electron chi connectivity index (χ4n) is 6.26. The highest BCUT2D eigenvalue weighted by Crippen LogP contribution is 2.31. The van der Waals surface area contributed by atoms with Gasteiger partial charge < -0.3 is 35.6 Å². The van der Waals surface area contributed by atoms with Crippen molar-refractivity contribution >= 4 is 40.4 Å². The van der Waals surface area contributed by atoms with Crippen LogP contribution < -0.4 is 16.0 Å². The van der Waals surface area contributed by atoms with Crippen LogP contribution in [0.5, 0.6) is 0 Å². The lowest BCUT2D eigenvalue weighted by Crippen LogP contribution is -2.55. The predicted molar refractivity (Wildman–Crippen MR) is 174 cm³/mol. The van der Waals surface area contributed by atoms with Crippen LogP contribution in [0.1, 0.15) is 71.5 Å². The smallest absolute Gasteiger partial charge is 0.308 e. The third-order valence-electron chi connectivity index (χ3n) is 8.67. The average molecular weight is 656 g/mol. The Bertz CT molecular complexity index is 1380. The number of hydrogen-bond donors (Lipinski definition) is 5. The van der Waals surface area contributed by atoms with Gasteiger partial charge in [0.05, 0.1) is 44.6 Å². The zero-order valence-electron chi connectivity index (χ0n) is 28.0. The zero-order valence-corrected chi connectivity index (χ0v) is 28.0. The highest BCUT2D eigenvalue weighted by molar-refractivity contribution is 5.92. The summed E-state index contributed by atoms with van der Waals surface area (Å²) in [6, 6.07) is 10.3. The van der Waals surface area contributed by atoms with Crippen LogP contribution in [0.3, 0.4) is 0 Å². The summed E-state index contributed by atoms with van der Waals surface area (Å²) in [6.07, 6.45) is -2.09. The van der Waals surface area contributed by atoms with Crippen LogP contribution in [0.4, 0.5) is 0 Å². The summed E-state index contributed by atoms with van der Waals surface area (Å²) in [4.78, 5) is 64.3. The first-order chi connectivity index (χ1) is 22.2. The van der Waals surface area contributed by atoms with Gasteiger partial charge in [0.1, 0.15) is 6.04 Å². The van der Waals surface area contributed by atoms with Crippen LogP contribution in [0.15, 0.2) is 42.5 Å². The maximum atomic E-state index is 13.4. The number of ether oxygens (including phenoxy) is 2. The standard InChI is InChI=1S/C35H49N3O9/c1-19(2)14-27(37-33(43)31(41)26-13-9-11-21-10-7-8-12-25(21)26)28(39)18-29(40)38-30(20(3)4)32(42)36-24-16-22(34(44)46-5)15-23(17-24)35(45)47-6/h7-13,19-20,22-24,27-28,30-31,39,41H,14-18H2,1-6H3,(H,36,42)(H,37,43)(H,38,40)/t22-,23+,24?,27-,28-,30-,31?/m0/s1. The van der Waals surface area contributed by atoms with E-state index >= 15 is 0 Å². The van der Waals surface area contributed by atoms with Gasteiger partial charge >= 0.3 is 11.9 Å². The fourth-order valence-corrected chi connectivity index (χ4v) is 6.26. The predicted octanol–water partition coefficient (Wildman–Crippen LogP) is 2.54. The number of carbonyl (C=O) groups excluding carboxylic acids is 5. The van der Waals surface area contributed by atoms with Gasteiger partial charge in [0, 0.05) is 6.04 Å². The number of rotatable bonds is 14. The number of esters is 2. The van der Waals surface area contributed by atoms with Gasteiger partial charge in [-0.3, -0.25) is 24.0 Å². The number of fused-ring (bicyclic) bond motifs is 1. The van der Waals surface area contributed by atoms with Gasteiger partial charge in [-0.2, -0.15) is 0 Å². The number of carbonyl (C=O) groups is 5. The molecule has 5 N–H and O–H groups in total. The molecular formula is C35H49N3O9. The van der Waals surface area contributed by atoms with E-state index in [1.54, 1.807) is 26.0 Å². The summed E-state index contributed by atoms with van der Waals surface area (Å²) in [7, 11) is 2.53. The molecule has 1 saturated carbocycles. The van der Waals surface area contributed by atoms with E-state index in [4.69, 9.17) is 9.47 Å². The second-order valence-corrected chi connectivity index (χ2v) is 13.1. The number of benzene rings is 2. The van der Waals surface area contributed by atoms with E-state index in [0.29, 0.717) is 12.0 Å². The Morgan fingerprint density at radius 1 is 0.809 bits per heavy atom. The van der Waals surface area contributed by atoms with Crippen molar-refractivity contribution in [3.8, 4) is 0 Å². The van der Waals surface area contributed by atoms with Gasteiger partial charge in [0.25, 0.3) is 5.91 Å². The number of methoxy groups -OCH3 is 2. The minimum atomic E-state index is -1.50. The molecule has 0 bridgehead atoms. The van der Waals surface area contributed by atoms with Crippen molar-refractivity contribution in [3.05, 3.63) is 48.0 Å². The first-order valence-corrected chi connectivity index (χ1v) is 16.1. The van der Waals surface area contributed by atoms with E-state index in [1.807, 2.05) is 44.2 Å². The van der Waals surface area contributed by atoms with Gasteiger partial charge in [-0.05, 0) is 53.9 Å². The van der Waals surface area contributed by atoms with Gasteiger partial charge in [-0.1, -0.05) is 70.2 Å². The molecule has 12 nitrogen and oxygen atoms in total. The van der Waals surface area contributed by atoms with Crippen LogP contribution in [0.2, 0.25) is 0 Å². The Labute approximate surface area is 276 Å². The van der Waals surface area contributed by atoms with Crippen LogP contribution in [-0.2, 0) is 33.4 Å². The minimum absolute atomic E-state index is 0.0417. The summed E-state index contributed by atoms with van der Waals surface area (Å²) in [5.74, 6) is -4.25. The summed E-state index contributed by atoms with van der Waals surface area (Å²) < 4.78 is 9.75. The Kier molecular flexibility index (Phi) is 13.7. The highest BCUT2D eigenvalue weighted by Gasteiger charge is 2.39. The minimum Gasteiger partial charge on any atom is -0.469 e. The number of aliphatic hydroxyl groups is 2. The van der Waals surface area contributed by atoms with E-state index in [0.717, 1.165) is 10.8 Å². The summed E-state index contributed by atoms with van der Waals surface area (Å²) in [5, 5.41) is 32.0. The lowest BCUT2D eigenvalue weighted by Gasteiger charge is -2.34.